The molecule has 0 aliphatic rings. The zero-order valence-corrected chi connectivity index (χ0v) is 32.5. The minimum atomic E-state index is -1.51. The van der Waals surface area contributed by atoms with Gasteiger partial charge in [-0.25, -0.2) is 0 Å². The van der Waals surface area contributed by atoms with Crippen molar-refractivity contribution in [2.75, 3.05) is 39.1 Å². The molecule has 2 N–H and O–H groups in total. The number of rotatable bonds is 15. The SMILES string of the molecule is COc1cc(NC(=O)[C@@H](N=Nc2ccc(-c3ccc(N=N[C@@H](C(C)=O)C(=O)Nc4cc(OC)c(Cl)cc4OC)c(Cl)c3)cc2Cl)C(C)=O)c(OC)cc1Cl. The molecule has 0 aliphatic carbocycles. The van der Waals surface area contributed by atoms with Crippen LogP contribution >= 0.6 is 46.4 Å². The molecule has 0 unspecified atom stereocenters. The highest BCUT2D eigenvalue weighted by Gasteiger charge is 2.26. The van der Waals surface area contributed by atoms with E-state index in [4.69, 9.17) is 65.4 Å². The van der Waals surface area contributed by atoms with E-state index in [1.807, 2.05) is 0 Å². The molecule has 4 aromatic carbocycles. The standard InChI is InChI=1S/C36H32Cl4N6O8/c1-17(47)33(35(49)41-27-15-29(51-3)23(39)13-31(27)53-5)45-43-25-9-7-19(11-21(25)37)20-8-10-26(22(38)12-20)44-46-34(18(2)48)36(50)42-28-16-30(52-4)24(40)14-32(28)54-6/h7-16,33-34H,1-6H3,(H,41,49)(H,42,50)/t33-,34-/m0/s1. The molecule has 0 saturated heterocycles. The molecule has 4 aromatic rings. The van der Waals surface area contributed by atoms with Crippen molar-refractivity contribution in [1.82, 2.24) is 0 Å². The van der Waals surface area contributed by atoms with Gasteiger partial charge in [0.05, 0.1) is 59.9 Å². The minimum absolute atomic E-state index is 0.160. The number of carbonyl (C=O) groups is 4. The van der Waals surface area contributed by atoms with Crippen molar-refractivity contribution >= 4 is 92.5 Å². The van der Waals surface area contributed by atoms with Crippen LogP contribution in [0.25, 0.3) is 11.1 Å². The Balaban J connectivity index is 1.50. The summed E-state index contributed by atoms with van der Waals surface area (Å²) >= 11 is 25.3. The Morgan fingerprint density at radius 2 is 0.870 bits per heavy atom. The van der Waals surface area contributed by atoms with E-state index in [1.165, 1.54) is 66.6 Å². The largest absolute Gasteiger partial charge is 0.495 e. The highest BCUT2D eigenvalue weighted by atomic mass is 35.5. The lowest BCUT2D eigenvalue weighted by Crippen LogP contribution is -2.32. The number of amides is 2. The number of Topliss-reactive ketones (excluding diaryl/α,β-unsaturated/α-hetero) is 2. The predicted molar refractivity (Wildman–Crippen MR) is 206 cm³/mol. The second kappa shape index (κ2) is 18.7. The summed E-state index contributed by atoms with van der Waals surface area (Å²) in [4.78, 5) is 50.9. The summed E-state index contributed by atoms with van der Waals surface area (Å²) in [5.41, 5.74) is 2.04. The maximum Gasteiger partial charge on any atom is 0.258 e. The van der Waals surface area contributed by atoms with Gasteiger partial charge in [0.15, 0.2) is 11.6 Å². The first-order valence-electron chi connectivity index (χ1n) is 15.6. The number of hydrogen-bond acceptors (Lipinski definition) is 12. The van der Waals surface area contributed by atoms with Crippen molar-refractivity contribution in [3.05, 3.63) is 80.8 Å². The number of anilines is 2. The van der Waals surface area contributed by atoms with Crippen LogP contribution in [0.5, 0.6) is 23.0 Å². The topological polar surface area (TPSA) is 179 Å². The highest BCUT2D eigenvalue weighted by molar-refractivity contribution is 6.34. The summed E-state index contributed by atoms with van der Waals surface area (Å²) < 4.78 is 21.0. The van der Waals surface area contributed by atoms with Crippen molar-refractivity contribution in [2.24, 2.45) is 20.5 Å². The van der Waals surface area contributed by atoms with Gasteiger partial charge >= 0.3 is 0 Å². The Kier molecular flexibility index (Phi) is 14.3. The molecule has 14 nitrogen and oxygen atoms in total. The van der Waals surface area contributed by atoms with Crippen molar-refractivity contribution in [2.45, 2.75) is 25.9 Å². The van der Waals surface area contributed by atoms with Crippen LogP contribution in [0.4, 0.5) is 22.7 Å². The zero-order valence-electron chi connectivity index (χ0n) is 29.5. The summed E-state index contributed by atoms with van der Waals surface area (Å²) in [5, 5.41) is 22.1. The first kappa shape index (κ1) is 41.5. The fraction of sp³-hybridized carbons (Fsp3) is 0.222. The van der Waals surface area contributed by atoms with E-state index in [9.17, 15) is 19.2 Å². The van der Waals surface area contributed by atoms with Crippen LogP contribution in [0.3, 0.4) is 0 Å². The summed E-state index contributed by atoms with van der Waals surface area (Å²) in [6, 6.07) is 12.4. The van der Waals surface area contributed by atoms with Crippen LogP contribution in [0.2, 0.25) is 20.1 Å². The third kappa shape index (κ3) is 10.0. The van der Waals surface area contributed by atoms with Gasteiger partial charge in [-0.1, -0.05) is 58.5 Å². The fourth-order valence-corrected chi connectivity index (χ4v) is 5.63. The smallest absolute Gasteiger partial charge is 0.258 e. The van der Waals surface area contributed by atoms with Crippen LogP contribution in [0.1, 0.15) is 13.8 Å². The number of ether oxygens (including phenoxy) is 4. The quantitative estimate of drug-likeness (QED) is 0.0880. The maximum atomic E-state index is 13.1. The Morgan fingerprint density at radius 1 is 0.519 bits per heavy atom. The van der Waals surface area contributed by atoms with Gasteiger partial charge in [0.1, 0.15) is 34.4 Å². The van der Waals surface area contributed by atoms with E-state index in [2.05, 4.69) is 31.1 Å². The number of methoxy groups -OCH3 is 4. The van der Waals surface area contributed by atoms with E-state index in [-0.39, 0.29) is 65.8 Å². The first-order valence-corrected chi connectivity index (χ1v) is 17.1. The third-order valence-electron chi connectivity index (χ3n) is 7.52. The second-order valence-corrected chi connectivity index (χ2v) is 12.8. The maximum absolute atomic E-state index is 13.1. The molecular weight excluding hydrogens is 786 g/mol. The molecule has 2 amide bonds. The van der Waals surface area contributed by atoms with Crippen LogP contribution in [0.15, 0.2) is 81.1 Å². The molecule has 0 radical (unpaired) electrons. The van der Waals surface area contributed by atoms with Gasteiger partial charge in [0.2, 0.25) is 12.1 Å². The minimum Gasteiger partial charge on any atom is -0.495 e. The molecule has 0 heterocycles. The monoisotopic (exact) mass is 816 g/mol. The zero-order chi connectivity index (χ0) is 39.7. The summed E-state index contributed by atoms with van der Waals surface area (Å²) in [6.07, 6.45) is 0. The Morgan fingerprint density at radius 3 is 1.17 bits per heavy atom. The van der Waals surface area contributed by atoms with E-state index >= 15 is 0 Å². The molecule has 0 bridgehead atoms. The van der Waals surface area contributed by atoms with E-state index < -0.39 is 35.5 Å². The van der Waals surface area contributed by atoms with Crippen molar-refractivity contribution in [3.63, 3.8) is 0 Å². The van der Waals surface area contributed by atoms with Gasteiger partial charge in [0, 0.05) is 24.3 Å². The number of azo groups is 2. The lowest BCUT2D eigenvalue weighted by Gasteiger charge is -2.15. The number of hydrogen-bond donors (Lipinski definition) is 2. The molecule has 0 aromatic heterocycles. The molecule has 0 spiro atoms. The van der Waals surface area contributed by atoms with Gasteiger partial charge < -0.3 is 29.6 Å². The van der Waals surface area contributed by atoms with Gasteiger partial charge in [-0.15, -0.1) is 0 Å². The molecule has 0 aliphatic heterocycles. The van der Waals surface area contributed by atoms with Crippen molar-refractivity contribution in [3.8, 4) is 34.1 Å². The number of benzene rings is 4. The first-order chi connectivity index (χ1) is 25.7. The van der Waals surface area contributed by atoms with Crippen LogP contribution in [-0.4, -0.2) is 63.9 Å². The predicted octanol–water partition coefficient (Wildman–Crippen LogP) is 9.36. The van der Waals surface area contributed by atoms with Gasteiger partial charge in [-0.2, -0.15) is 20.5 Å². The second-order valence-electron chi connectivity index (χ2n) is 11.1. The van der Waals surface area contributed by atoms with Gasteiger partial charge in [-0.3, -0.25) is 19.2 Å². The molecular formula is C36H32Cl4N6O8. The number of nitrogens with zero attached hydrogens (tertiary/aromatic N) is 4. The number of ketones is 2. The molecule has 0 fully saturated rings. The van der Waals surface area contributed by atoms with Gasteiger partial charge in [-0.05, 0) is 49.2 Å². The summed E-state index contributed by atoms with van der Waals surface area (Å²) in [6.45, 7) is 2.40. The Hall–Kier alpha value is -5.28. The lowest BCUT2D eigenvalue weighted by molar-refractivity contribution is -0.127. The average Bonchev–Trinajstić information content (AvgIpc) is 3.13. The van der Waals surface area contributed by atoms with Crippen molar-refractivity contribution < 1.29 is 38.1 Å². The molecule has 2 atom stereocenters. The van der Waals surface area contributed by atoms with E-state index in [0.29, 0.717) is 11.1 Å². The molecule has 54 heavy (non-hydrogen) atoms. The molecule has 0 saturated carbocycles. The van der Waals surface area contributed by atoms with E-state index in [0.717, 1.165) is 0 Å². The van der Waals surface area contributed by atoms with Crippen LogP contribution in [-0.2, 0) is 19.2 Å². The third-order valence-corrected chi connectivity index (χ3v) is 8.72. The van der Waals surface area contributed by atoms with Crippen molar-refractivity contribution in [1.29, 1.82) is 0 Å². The summed E-state index contributed by atoms with van der Waals surface area (Å²) in [5.74, 6) is -1.66. The molecule has 282 valence electrons. The normalized spacial score (nSPS) is 12.3. The summed E-state index contributed by atoms with van der Waals surface area (Å²) in [7, 11) is 5.61. The number of halogens is 4. The lowest BCUT2D eigenvalue weighted by atomic mass is 10.0. The fourth-order valence-electron chi connectivity index (χ4n) is 4.73. The number of nitrogens with one attached hydrogen (secondary N) is 2. The van der Waals surface area contributed by atoms with Gasteiger partial charge in [0.25, 0.3) is 11.8 Å². The molecule has 18 heteroatoms. The van der Waals surface area contributed by atoms with Crippen LogP contribution < -0.4 is 29.6 Å². The van der Waals surface area contributed by atoms with Crippen LogP contribution in [0, 0.1) is 0 Å². The van der Waals surface area contributed by atoms with E-state index in [1.54, 1.807) is 36.4 Å². The number of carbonyl (C=O) groups excluding carboxylic acids is 4. The average molecular weight is 818 g/mol. The Bertz CT molecular complexity index is 2010. The highest BCUT2D eigenvalue weighted by Crippen LogP contribution is 2.38. The Labute approximate surface area is 329 Å². The molecule has 4 rings (SSSR count).